The third-order valence-corrected chi connectivity index (χ3v) is 5.34. The fourth-order valence-electron chi connectivity index (χ4n) is 3.77. The van der Waals surface area contributed by atoms with Crippen LogP contribution in [0.2, 0.25) is 0 Å². The van der Waals surface area contributed by atoms with Crippen molar-refractivity contribution < 1.29 is 13.2 Å². The summed E-state index contributed by atoms with van der Waals surface area (Å²) >= 11 is 0. The Morgan fingerprint density at radius 3 is 2.13 bits per heavy atom. The van der Waals surface area contributed by atoms with Gasteiger partial charge in [0.05, 0.1) is 5.56 Å². The summed E-state index contributed by atoms with van der Waals surface area (Å²) in [5, 5.41) is 0. The molecule has 23 heavy (non-hydrogen) atoms. The fraction of sp³-hybridized carbons (Fsp3) is 0.500. The molecule has 0 N–H and O–H groups in total. The van der Waals surface area contributed by atoms with Crippen molar-refractivity contribution in [1.82, 2.24) is 0 Å². The lowest BCUT2D eigenvalue weighted by Gasteiger charge is -2.32. The minimum absolute atomic E-state index is 0.587. The minimum Gasteiger partial charge on any atom is -0.166 e. The first-order valence-electron chi connectivity index (χ1n) is 8.49. The van der Waals surface area contributed by atoms with Gasteiger partial charge in [-0.3, -0.25) is 0 Å². The standard InChI is InChI=1S/C20H23F3/c1-14-2-4-15(5-3-14)16-6-8-17(9-7-16)18-10-12-19(13-11-18)20(21,22)23/h6,8-16H,2-5,7H2,1H3/t14-,15-,16?. The molecule has 1 fully saturated rings. The quantitative estimate of drug-likeness (QED) is 0.584. The molecule has 1 aromatic carbocycles. The van der Waals surface area contributed by atoms with Crippen LogP contribution in [0, 0.1) is 17.8 Å². The Labute approximate surface area is 136 Å². The van der Waals surface area contributed by atoms with Crippen LogP contribution in [-0.2, 0) is 6.18 Å². The van der Waals surface area contributed by atoms with Crippen molar-refractivity contribution in [2.75, 3.05) is 0 Å². The molecule has 1 unspecified atom stereocenters. The van der Waals surface area contributed by atoms with Gasteiger partial charge in [0, 0.05) is 0 Å². The van der Waals surface area contributed by atoms with E-state index in [4.69, 9.17) is 0 Å². The molecule has 0 saturated heterocycles. The van der Waals surface area contributed by atoms with E-state index in [1.807, 2.05) is 0 Å². The van der Waals surface area contributed by atoms with Gasteiger partial charge in [0.2, 0.25) is 0 Å². The fourth-order valence-corrected chi connectivity index (χ4v) is 3.77. The minimum atomic E-state index is -4.27. The maximum atomic E-state index is 12.6. The highest BCUT2D eigenvalue weighted by molar-refractivity contribution is 5.75. The van der Waals surface area contributed by atoms with Crippen molar-refractivity contribution in [3.63, 3.8) is 0 Å². The van der Waals surface area contributed by atoms with E-state index >= 15 is 0 Å². The van der Waals surface area contributed by atoms with Crippen LogP contribution in [0.4, 0.5) is 13.2 Å². The van der Waals surface area contributed by atoms with Crippen LogP contribution in [0.25, 0.3) is 5.57 Å². The Morgan fingerprint density at radius 2 is 1.61 bits per heavy atom. The normalized spacial score (nSPS) is 28.5. The number of allylic oxidation sites excluding steroid dienone is 4. The van der Waals surface area contributed by atoms with Crippen LogP contribution in [0.5, 0.6) is 0 Å². The van der Waals surface area contributed by atoms with Gasteiger partial charge in [-0.2, -0.15) is 13.2 Å². The molecule has 0 nitrogen and oxygen atoms in total. The molecular weight excluding hydrogens is 297 g/mol. The van der Waals surface area contributed by atoms with E-state index in [-0.39, 0.29) is 0 Å². The van der Waals surface area contributed by atoms with E-state index in [1.165, 1.54) is 37.8 Å². The lowest BCUT2D eigenvalue weighted by atomic mass is 9.74. The Kier molecular flexibility index (Phi) is 4.65. The van der Waals surface area contributed by atoms with Crippen molar-refractivity contribution in [3.05, 3.63) is 53.6 Å². The predicted octanol–water partition coefficient (Wildman–Crippen LogP) is 6.49. The summed E-state index contributed by atoms with van der Waals surface area (Å²) in [6.45, 7) is 2.33. The SMILES string of the molecule is C[C@H]1CC[C@H](C2C=CC(c3ccc(C(F)(F)F)cc3)=CC2)CC1. The topological polar surface area (TPSA) is 0 Å². The Bertz CT molecular complexity index is 584. The molecule has 2 aliphatic rings. The average Bonchev–Trinajstić information content (AvgIpc) is 2.55. The van der Waals surface area contributed by atoms with Crippen LogP contribution < -0.4 is 0 Å². The molecular formula is C20H23F3. The number of hydrogen-bond donors (Lipinski definition) is 0. The molecule has 3 rings (SSSR count). The summed E-state index contributed by atoms with van der Waals surface area (Å²) in [6.07, 6.45) is 8.55. The van der Waals surface area contributed by atoms with Crippen molar-refractivity contribution in [3.8, 4) is 0 Å². The average molecular weight is 320 g/mol. The monoisotopic (exact) mass is 320 g/mol. The van der Waals surface area contributed by atoms with Gasteiger partial charge >= 0.3 is 6.18 Å². The van der Waals surface area contributed by atoms with E-state index < -0.39 is 11.7 Å². The number of hydrogen-bond acceptors (Lipinski definition) is 0. The molecule has 0 heterocycles. The summed E-state index contributed by atoms with van der Waals surface area (Å²) < 4.78 is 37.9. The van der Waals surface area contributed by atoms with Crippen molar-refractivity contribution in [1.29, 1.82) is 0 Å². The predicted molar refractivity (Wildman–Crippen MR) is 87.8 cm³/mol. The molecule has 0 aliphatic heterocycles. The van der Waals surface area contributed by atoms with Gasteiger partial charge < -0.3 is 0 Å². The van der Waals surface area contributed by atoms with Crippen molar-refractivity contribution >= 4 is 5.57 Å². The van der Waals surface area contributed by atoms with E-state index in [2.05, 4.69) is 25.2 Å². The summed E-state index contributed by atoms with van der Waals surface area (Å²) in [5.41, 5.74) is 1.32. The lowest BCUT2D eigenvalue weighted by Crippen LogP contribution is -2.20. The molecule has 0 radical (unpaired) electrons. The summed E-state index contributed by atoms with van der Waals surface area (Å²) in [5.74, 6) is 2.23. The lowest BCUT2D eigenvalue weighted by molar-refractivity contribution is -0.137. The first-order chi connectivity index (χ1) is 10.9. The Morgan fingerprint density at radius 1 is 0.957 bits per heavy atom. The second-order valence-corrected chi connectivity index (χ2v) is 7.01. The van der Waals surface area contributed by atoms with Crippen LogP contribution in [0.15, 0.2) is 42.5 Å². The van der Waals surface area contributed by atoms with E-state index in [0.717, 1.165) is 29.4 Å². The van der Waals surface area contributed by atoms with Gasteiger partial charge in [0.25, 0.3) is 0 Å². The van der Waals surface area contributed by atoms with Gasteiger partial charge in [-0.15, -0.1) is 0 Å². The Hall–Kier alpha value is -1.51. The number of halogens is 3. The van der Waals surface area contributed by atoms with Crippen LogP contribution in [-0.4, -0.2) is 0 Å². The molecule has 0 aromatic heterocycles. The maximum absolute atomic E-state index is 12.6. The van der Waals surface area contributed by atoms with E-state index in [9.17, 15) is 13.2 Å². The van der Waals surface area contributed by atoms with Crippen LogP contribution in [0.1, 0.15) is 50.2 Å². The highest BCUT2D eigenvalue weighted by Crippen LogP contribution is 2.38. The number of alkyl halides is 3. The van der Waals surface area contributed by atoms with Crippen molar-refractivity contribution in [2.24, 2.45) is 17.8 Å². The smallest absolute Gasteiger partial charge is 0.166 e. The molecule has 124 valence electrons. The van der Waals surface area contributed by atoms with Gasteiger partial charge in [0.1, 0.15) is 0 Å². The molecule has 2 aliphatic carbocycles. The van der Waals surface area contributed by atoms with E-state index in [1.54, 1.807) is 12.1 Å². The molecule has 1 saturated carbocycles. The van der Waals surface area contributed by atoms with Crippen LogP contribution in [0.3, 0.4) is 0 Å². The zero-order chi connectivity index (χ0) is 16.4. The zero-order valence-electron chi connectivity index (χ0n) is 13.4. The molecule has 1 aromatic rings. The first kappa shape index (κ1) is 16.4. The largest absolute Gasteiger partial charge is 0.416 e. The van der Waals surface area contributed by atoms with E-state index in [0.29, 0.717) is 5.92 Å². The Balaban J connectivity index is 1.64. The molecule has 0 amide bonds. The van der Waals surface area contributed by atoms with Gasteiger partial charge in [0.15, 0.2) is 0 Å². The second-order valence-electron chi connectivity index (χ2n) is 7.01. The molecule has 1 atom stereocenters. The zero-order valence-corrected chi connectivity index (χ0v) is 13.4. The van der Waals surface area contributed by atoms with Gasteiger partial charge in [-0.1, -0.05) is 50.1 Å². The van der Waals surface area contributed by atoms with Gasteiger partial charge in [-0.05, 0) is 60.3 Å². The maximum Gasteiger partial charge on any atom is 0.416 e. The molecule has 0 bridgehead atoms. The summed E-state index contributed by atoms with van der Waals surface area (Å²) in [7, 11) is 0. The first-order valence-corrected chi connectivity index (χ1v) is 8.49. The third-order valence-electron chi connectivity index (χ3n) is 5.34. The van der Waals surface area contributed by atoms with Crippen LogP contribution >= 0.6 is 0 Å². The van der Waals surface area contributed by atoms with Gasteiger partial charge in [-0.25, -0.2) is 0 Å². The van der Waals surface area contributed by atoms with Crippen molar-refractivity contribution in [2.45, 2.75) is 45.2 Å². The third kappa shape index (κ3) is 3.88. The second kappa shape index (κ2) is 6.54. The number of benzene rings is 1. The molecule has 0 spiro atoms. The summed E-state index contributed by atoms with van der Waals surface area (Å²) in [6, 6.07) is 5.47. The number of rotatable bonds is 2. The highest BCUT2D eigenvalue weighted by Gasteiger charge is 2.30. The highest BCUT2D eigenvalue weighted by atomic mass is 19.4. The summed E-state index contributed by atoms with van der Waals surface area (Å²) in [4.78, 5) is 0. The molecule has 3 heteroatoms.